The van der Waals surface area contributed by atoms with Crippen molar-refractivity contribution in [3.05, 3.63) is 59.0 Å². The number of aliphatic carboxylic acids is 1. The number of furan rings is 1. The van der Waals surface area contributed by atoms with Gasteiger partial charge in [-0.3, -0.25) is 9.59 Å². The van der Waals surface area contributed by atoms with Crippen LogP contribution in [0, 0.1) is 6.92 Å². The Morgan fingerprint density at radius 3 is 2.50 bits per heavy atom. The van der Waals surface area contributed by atoms with Crippen molar-refractivity contribution in [3.8, 4) is 0 Å². The van der Waals surface area contributed by atoms with Crippen molar-refractivity contribution >= 4 is 11.9 Å². The van der Waals surface area contributed by atoms with Gasteiger partial charge in [-0.2, -0.15) is 0 Å². The molecule has 2 N–H and O–H groups in total. The minimum Gasteiger partial charge on any atom is -0.481 e. The Balaban J connectivity index is 1.85. The first kappa shape index (κ1) is 18.2. The van der Waals surface area contributed by atoms with E-state index in [4.69, 9.17) is 9.52 Å². The normalized spacial score (nSPS) is 17.0. The van der Waals surface area contributed by atoms with E-state index in [2.05, 4.69) is 17.4 Å². The van der Waals surface area contributed by atoms with Crippen molar-refractivity contribution in [3.63, 3.8) is 0 Å². The van der Waals surface area contributed by atoms with E-state index >= 15 is 0 Å². The zero-order chi connectivity index (χ0) is 18.7. The molecular weight excluding hydrogens is 330 g/mol. The Morgan fingerprint density at radius 1 is 1.23 bits per heavy atom. The molecule has 5 nitrogen and oxygen atoms in total. The zero-order valence-corrected chi connectivity index (χ0v) is 15.2. The molecule has 1 atom stereocenters. The third-order valence-corrected chi connectivity index (χ3v) is 5.61. The van der Waals surface area contributed by atoms with Crippen LogP contribution < -0.4 is 5.32 Å². The first-order valence-electron chi connectivity index (χ1n) is 9.09. The predicted molar refractivity (Wildman–Crippen MR) is 98.3 cm³/mol. The first-order chi connectivity index (χ1) is 12.4. The quantitative estimate of drug-likeness (QED) is 0.825. The van der Waals surface area contributed by atoms with Gasteiger partial charge < -0.3 is 14.8 Å². The van der Waals surface area contributed by atoms with E-state index in [1.807, 2.05) is 25.1 Å². The largest absolute Gasteiger partial charge is 0.481 e. The van der Waals surface area contributed by atoms with Gasteiger partial charge in [0.05, 0.1) is 11.8 Å². The highest BCUT2D eigenvalue weighted by molar-refractivity contribution is 5.97. The van der Waals surface area contributed by atoms with Crippen LogP contribution in [0.25, 0.3) is 0 Å². The number of hydrogen-bond acceptors (Lipinski definition) is 3. The summed E-state index contributed by atoms with van der Waals surface area (Å²) in [4.78, 5) is 23.9. The summed E-state index contributed by atoms with van der Waals surface area (Å²) in [6.07, 6.45) is 5.50. The predicted octanol–water partition coefficient (Wildman–Crippen LogP) is 3.85. The molecule has 138 valence electrons. The van der Waals surface area contributed by atoms with Gasteiger partial charge in [0.15, 0.2) is 0 Å². The van der Waals surface area contributed by atoms with Crippen LogP contribution in [-0.4, -0.2) is 23.0 Å². The Labute approximate surface area is 153 Å². The van der Waals surface area contributed by atoms with Gasteiger partial charge in [0.1, 0.15) is 12.2 Å². The van der Waals surface area contributed by atoms with E-state index in [-0.39, 0.29) is 29.5 Å². The summed E-state index contributed by atoms with van der Waals surface area (Å²) in [5.74, 6) is -1.07. The van der Waals surface area contributed by atoms with Gasteiger partial charge >= 0.3 is 5.97 Å². The molecular formula is C21H25NO4. The summed E-state index contributed by atoms with van der Waals surface area (Å²) in [7, 11) is 0. The number of benzene rings is 1. The van der Waals surface area contributed by atoms with E-state index in [0.717, 1.165) is 25.7 Å². The monoisotopic (exact) mass is 355 g/mol. The molecule has 2 aromatic rings. The molecule has 1 heterocycles. The molecule has 1 amide bonds. The minimum absolute atomic E-state index is 0.0631. The fraction of sp³-hybridized carbons (Fsp3) is 0.429. The van der Waals surface area contributed by atoms with Gasteiger partial charge in [-0.05, 0) is 32.3 Å². The number of carbonyl (C=O) groups excluding carboxylic acids is 1. The highest BCUT2D eigenvalue weighted by Gasteiger charge is 2.41. The zero-order valence-electron chi connectivity index (χ0n) is 15.2. The lowest BCUT2D eigenvalue weighted by Crippen LogP contribution is -2.47. The number of carboxylic acids is 1. The second kappa shape index (κ2) is 7.36. The average molecular weight is 355 g/mol. The van der Waals surface area contributed by atoms with Crippen molar-refractivity contribution < 1.29 is 19.1 Å². The molecule has 1 aliphatic carbocycles. The smallest absolute Gasteiger partial charge is 0.311 e. The van der Waals surface area contributed by atoms with Crippen molar-refractivity contribution in [2.24, 2.45) is 0 Å². The van der Waals surface area contributed by atoms with Crippen LogP contribution in [0.3, 0.4) is 0 Å². The van der Waals surface area contributed by atoms with Crippen LogP contribution in [-0.2, 0) is 16.6 Å². The van der Waals surface area contributed by atoms with Gasteiger partial charge in [0.25, 0.3) is 5.91 Å². The molecule has 1 unspecified atom stereocenters. The lowest BCUT2D eigenvalue weighted by Gasteiger charge is -2.36. The van der Waals surface area contributed by atoms with Crippen molar-refractivity contribution in [1.82, 2.24) is 5.32 Å². The maximum Gasteiger partial charge on any atom is 0.311 e. The Morgan fingerprint density at radius 2 is 1.88 bits per heavy atom. The van der Waals surface area contributed by atoms with Gasteiger partial charge in [0.2, 0.25) is 0 Å². The minimum atomic E-state index is -1.02. The number of rotatable bonds is 6. The number of aryl methyl sites for hydroxylation is 1. The fourth-order valence-corrected chi connectivity index (χ4v) is 4.23. The number of carbonyl (C=O) groups is 2. The molecule has 0 saturated heterocycles. The molecule has 0 aliphatic heterocycles. The molecule has 1 aromatic carbocycles. The molecule has 1 aromatic heterocycles. The van der Waals surface area contributed by atoms with Crippen molar-refractivity contribution in [1.29, 1.82) is 0 Å². The number of amides is 1. The topological polar surface area (TPSA) is 79.5 Å². The number of hydrogen-bond donors (Lipinski definition) is 2. The SMILES string of the molecule is Cc1coc(CC(=O)O)c1C(=O)NC(C)C1(c2ccccc2)CCCC1. The summed E-state index contributed by atoms with van der Waals surface area (Å²) < 4.78 is 5.30. The van der Waals surface area contributed by atoms with Gasteiger partial charge in [-0.15, -0.1) is 0 Å². The van der Waals surface area contributed by atoms with Crippen molar-refractivity contribution in [2.75, 3.05) is 0 Å². The maximum absolute atomic E-state index is 12.9. The van der Waals surface area contributed by atoms with E-state index in [0.29, 0.717) is 11.1 Å². The standard InChI is InChI=1S/C21H25NO4/c1-14-13-26-17(12-18(23)24)19(14)20(25)22-15(2)21(10-6-7-11-21)16-8-4-3-5-9-16/h3-5,8-9,13,15H,6-7,10-12H2,1-2H3,(H,22,25)(H,23,24). The van der Waals surface area contributed by atoms with Gasteiger partial charge in [-0.1, -0.05) is 43.2 Å². The fourth-order valence-electron chi connectivity index (χ4n) is 4.23. The van der Waals surface area contributed by atoms with Crippen LogP contribution in [0.4, 0.5) is 0 Å². The van der Waals surface area contributed by atoms with Gasteiger partial charge in [0, 0.05) is 17.0 Å². The molecule has 3 rings (SSSR count). The Bertz CT molecular complexity index is 788. The molecule has 0 bridgehead atoms. The average Bonchev–Trinajstić information content (AvgIpc) is 3.23. The summed E-state index contributed by atoms with van der Waals surface area (Å²) in [5, 5.41) is 12.2. The van der Waals surface area contributed by atoms with Gasteiger partial charge in [-0.25, -0.2) is 0 Å². The van der Waals surface area contributed by atoms with E-state index in [9.17, 15) is 9.59 Å². The summed E-state index contributed by atoms with van der Waals surface area (Å²) in [5.41, 5.74) is 2.17. The van der Waals surface area contributed by atoms with E-state index in [1.54, 1.807) is 6.92 Å². The lowest BCUT2D eigenvalue weighted by atomic mass is 9.73. The number of nitrogens with one attached hydrogen (secondary N) is 1. The summed E-state index contributed by atoms with van der Waals surface area (Å²) in [6, 6.07) is 10.3. The molecule has 1 aliphatic rings. The van der Waals surface area contributed by atoms with Crippen LogP contribution in [0.2, 0.25) is 0 Å². The Kier molecular flexibility index (Phi) is 5.16. The number of carboxylic acid groups (broad SMARTS) is 1. The molecule has 5 heteroatoms. The molecule has 1 fully saturated rings. The molecule has 26 heavy (non-hydrogen) atoms. The second-order valence-electron chi connectivity index (χ2n) is 7.21. The maximum atomic E-state index is 12.9. The van der Waals surface area contributed by atoms with Crippen LogP contribution >= 0.6 is 0 Å². The van der Waals surface area contributed by atoms with Crippen LogP contribution in [0.15, 0.2) is 41.0 Å². The summed E-state index contributed by atoms with van der Waals surface area (Å²) >= 11 is 0. The third-order valence-electron chi connectivity index (χ3n) is 5.61. The molecule has 1 saturated carbocycles. The highest BCUT2D eigenvalue weighted by Crippen LogP contribution is 2.43. The molecule has 0 radical (unpaired) electrons. The van der Waals surface area contributed by atoms with Crippen molar-refractivity contribution in [2.45, 2.75) is 57.4 Å². The second-order valence-corrected chi connectivity index (χ2v) is 7.21. The first-order valence-corrected chi connectivity index (χ1v) is 9.09. The Hall–Kier alpha value is -2.56. The van der Waals surface area contributed by atoms with Crippen LogP contribution in [0.1, 0.15) is 59.9 Å². The molecule has 0 spiro atoms. The third kappa shape index (κ3) is 3.39. The summed E-state index contributed by atoms with van der Waals surface area (Å²) in [6.45, 7) is 3.81. The van der Waals surface area contributed by atoms with E-state index < -0.39 is 5.97 Å². The highest BCUT2D eigenvalue weighted by atomic mass is 16.4. The lowest BCUT2D eigenvalue weighted by molar-refractivity contribution is -0.136. The van der Waals surface area contributed by atoms with Crippen LogP contribution in [0.5, 0.6) is 0 Å². The van der Waals surface area contributed by atoms with E-state index in [1.165, 1.54) is 11.8 Å².